The number of amides is 2. The van der Waals surface area contributed by atoms with E-state index < -0.39 is 11.8 Å². The molecule has 0 aliphatic heterocycles. The molecule has 2 aromatic rings. The number of rotatable bonds is 3. The molecular formula is C15H14BrN3O2. The second kappa shape index (κ2) is 6.99. The van der Waals surface area contributed by atoms with Crippen molar-refractivity contribution in [2.75, 3.05) is 12.4 Å². The SMILES string of the molecule is CN(Cc1ccccc1Br)C(=O)C(=O)Nc1cccnc1. The van der Waals surface area contributed by atoms with Crippen LogP contribution in [0.2, 0.25) is 0 Å². The summed E-state index contributed by atoms with van der Waals surface area (Å²) in [5.74, 6) is -1.29. The van der Waals surface area contributed by atoms with Crippen LogP contribution in [0.3, 0.4) is 0 Å². The predicted octanol–water partition coefficient (Wildman–Crippen LogP) is 2.44. The Hall–Kier alpha value is -2.21. The van der Waals surface area contributed by atoms with Gasteiger partial charge in [0.1, 0.15) is 0 Å². The van der Waals surface area contributed by atoms with Gasteiger partial charge in [-0.15, -0.1) is 0 Å². The van der Waals surface area contributed by atoms with Gasteiger partial charge in [0.25, 0.3) is 0 Å². The third kappa shape index (κ3) is 4.13. The molecule has 108 valence electrons. The zero-order chi connectivity index (χ0) is 15.2. The maximum Gasteiger partial charge on any atom is 0.313 e. The lowest BCUT2D eigenvalue weighted by atomic mass is 10.2. The molecule has 0 unspecified atom stereocenters. The molecule has 0 saturated carbocycles. The monoisotopic (exact) mass is 347 g/mol. The molecule has 0 fully saturated rings. The fraction of sp³-hybridized carbons (Fsp3) is 0.133. The lowest BCUT2D eigenvalue weighted by Crippen LogP contribution is -2.36. The zero-order valence-corrected chi connectivity index (χ0v) is 13.0. The van der Waals surface area contributed by atoms with Crippen molar-refractivity contribution in [3.8, 4) is 0 Å². The summed E-state index contributed by atoms with van der Waals surface area (Å²) in [5.41, 5.74) is 1.42. The van der Waals surface area contributed by atoms with E-state index in [0.717, 1.165) is 10.0 Å². The van der Waals surface area contributed by atoms with E-state index in [4.69, 9.17) is 0 Å². The van der Waals surface area contributed by atoms with Crippen molar-refractivity contribution in [3.63, 3.8) is 0 Å². The van der Waals surface area contributed by atoms with E-state index in [1.807, 2.05) is 24.3 Å². The first-order valence-electron chi connectivity index (χ1n) is 6.28. The molecule has 0 bridgehead atoms. The van der Waals surface area contributed by atoms with Gasteiger partial charge in [-0.05, 0) is 23.8 Å². The Balaban J connectivity index is 1.99. The van der Waals surface area contributed by atoms with E-state index >= 15 is 0 Å². The van der Waals surface area contributed by atoms with E-state index in [1.165, 1.54) is 11.1 Å². The summed E-state index contributed by atoms with van der Waals surface area (Å²) in [5, 5.41) is 2.52. The number of aromatic nitrogens is 1. The maximum atomic E-state index is 12.0. The molecule has 5 nitrogen and oxygen atoms in total. The molecule has 2 rings (SSSR count). The summed E-state index contributed by atoms with van der Waals surface area (Å²) < 4.78 is 0.900. The number of nitrogens with one attached hydrogen (secondary N) is 1. The van der Waals surface area contributed by atoms with Crippen molar-refractivity contribution in [1.82, 2.24) is 9.88 Å². The molecule has 0 saturated heterocycles. The molecular weight excluding hydrogens is 334 g/mol. The van der Waals surface area contributed by atoms with Gasteiger partial charge >= 0.3 is 11.8 Å². The lowest BCUT2D eigenvalue weighted by Gasteiger charge is -2.17. The molecule has 1 aromatic heterocycles. The van der Waals surface area contributed by atoms with Crippen LogP contribution in [-0.4, -0.2) is 28.7 Å². The number of anilines is 1. The molecule has 1 aromatic carbocycles. The third-order valence-electron chi connectivity index (χ3n) is 2.83. The third-order valence-corrected chi connectivity index (χ3v) is 3.60. The van der Waals surface area contributed by atoms with Crippen molar-refractivity contribution in [1.29, 1.82) is 0 Å². The smallest absolute Gasteiger partial charge is 0.313 e. The van der Waals surface area contributed by atoms with E-state index in [9.17, 15) is 9.59 Å². The Morgan fingerprint density at radius 1 is 1.24 bits per heavy atom. The van der Waals surface area contributed by atoms with Crippen LogP contribution in [0.15, 0.2) is 53.3 Å². The van der Waals surface area contributed by atoms with Gasteiger partial charge in [-0.3, -0.25) is 14.6 Å². The summed E-state index contributed by atoms with van der Waals surface area (Å²) in [7, 11) is 1.59. The maximum absolute atomic E-state index is 12.0. The number of carbonyl (C=O) groups excluding carboxylic acids is 2. The summed E-state index contributed by atoms with van der Waals surface area (Å²) in [4.78, 5) is 29.2. The quantitative estimate of drug-likeness (QED) is 0.867. The molecule has 21 heavy (non-hydrogen) atoms. The molecule has 2 amide bonds. The number of carbonyl (C=O) groups is 2. The summed E-state index contributed by atoms with van der Waals surface area (Å²) in [6, 6.07) is 10.9. The van der Waals surface area contributed by atoms with Crippen molar-refractivity contribution in [2.45, 2.75) is 6.54 Å². The Kier molecular flexibility index (Phi) is 5.05. The van der Waals surface area contributed by atoms with Gasteiger partial charge in [0.15, 0.2) is 0 Å². The van der Waals surface area contributed by atoms with Gasteiger partial charge in [0, 0.05) is 24.3 Å². The number of hydrogen-bond acceptors (Lipinski definition) is 3. The summed E-state index contributed by atoms with van der Waals surface area (Å²) >= 11 is 3.42. The normalized spacial score (nSPS) is 10.0. The first-order chi connectivity index (χ1) is 10.1. The van der Waals surface area contributed by atoms with Crippen molar-refractivity contribution < 1.29 is 9.59 Å². The predicted molar refractivity (Wildman–Crippen MR) is 83.5 cm³/mol. The van der Waals surface area contributed by atoms with Gasteiger partial charge in [-0.2, -0.15) is 0 Å². The van der Waals surface area contributed by atoms with Gasteiger partial charge in [-0.25, -0.2) is 0 Å². The van der Waals surface area contributed by atoms with Crippen molar-refractivity contribution >= 4 is 33.4 Å². The summed E-state index contributed by atoms with van der Waals surface area (Å²) in [6.45, 7) is 0.348. The minimum atomic E-state index is -0.683. The highest BCUT2D eigenvalue weighted by molar-refractivity contribution is 9.10. The van der Waals surface area contributed by atoms with E-state index in [-0.39, 0.29) is 0 Å². The molecule has 0 aliphatic rings. The van der Waals surface area contributed by atoms with Gasteiger partial charge in [-0.1, -0.05) is 34.1 Å². The Morgan fingerprint density at radius 2 is 2.00 bits per heavy atom. The molecule has 0 spiro atoms. The minimum Gasteiger partial charge on any atom is -0.333 e. The van der Waals surface area contributed by atoms with E-state index in [1.54, 1.807) is 25.4 Å². The van der Waals surface area contributed by atoms with Crippen LogP contribution in [0, 0.1) is 0 Å². The largest absolute Gasteiger partial charge is 0.333 e. The highest BCUT2D eigenvalue weighted by Crippen LogP contribution is 2.17. The molecule has 1 heterocycles. The number of nitrogens with zero attached hydrogens (tertiary/aromatic N) is 2. The van der Waals surface area contributed by atoms with Crippen LogP contribution < -0.4 is 5.32 Å². The number of benzene rings is 1. The average Bonchev–Trinajstić information content (AvgIpc) is 2.49. The Labute approximate surface area is 131 Å². The highest BCUT2D eigenvalue weighted by Gasteiger charge is 2.19. The van der Waals surface area contributed by atoms with Gasteiger partial charge in [0.2, 0.25) is 0 Å². The second-order valence-electron chi connectivity index (χ2n) is 4.45. The summed E-state index contributed by atoms with van der Waals surface area (Å²) in [6.07, 6.45) is 3.08. The molecule has 6 heteroatoms. The van der Waals surface area contributed by atoms with Crippen LogP contribution >= 0.6 is 15.9 Å². The molecule has 0 atom stereocenters. The topological polar surface area (TPSA) is 62.3 Å². The van der Waals surface area contributed by atoms with Crippen LogP contribution in [-0.2, 0) is 16.1 Å². The average molecular weight is 348 g/mol. The molecule has 1 N–H and O–H groups in total. The number of likely N-dealkylation sites (N-methyl/N-ethyl adjacent to an activating group) is 1. The molecule has 0 radical (unpaired) electrons. The van der Waals surface area contributed by atoms with Gasteiger partial charge in [0.05, 0.1) is 11.9 Å². The zero-order valence-electron chi connectivity index (χ0n) is 11.4. The van der Waals surface area contributed by atoms with Crippen molar-refractivity contribution in [2.24, 2.45) is 0 Å². The van der Waals surface area contributed by atoms with Crippen LogP contribution in [0.4, 0.5) is 5.69 Å². The fourth-order valence-electron chi connectivity index (χ4n) is 1.75. The number of pyridine rings is 1. The van der Waals surface area contributed by atoms with Crippen molar-refractivity contribution in [3.05, 3.63) is 58.8 Å². The van der Waals surface area contributed by atoms with E-state index in [0.29, 0.717) is 12.2 Å². The number of hydrogen-bond donors (Lipinski definition) is 1. The van der Waals surface area contributed by atoms with Crippen LogP contribution in [0.1, 0.15) is 5.56 Å². The van der Waals surface area contributed by atoms with Crippen LogP contribution in [0.25, 0.3) is 0 Å². The first kappa shape index (κ1) is 15.2. The standard InChI is InChI=1S/C15H14BrN3O2/c1-19(10-11-5-2-3-7-13(11)16)15(21)14(20)18-12-6-4-8-17-9-12/h2-9H,10H2,1H3,(H,18,20). The first-order valence-corrected chi connectivity index (χ1v) is 7.07. The minimum absolute atomic E-state index is 0.348. The Bertz CT molecular complexity index is 646. The fourth-order valence-corrected chi connectivity index (χ4v) is 2.16. The van der Waals surface area contributed by atoms with Gasteiger partial charge < -0.3 is 10.2 Å². The lowest BCUT2D eigenvalue weighted by molar-refractivity contribution is -0.142. The molecule has 0 aliphatic carbocycles. The van der Waals surface area contributed by atoms with E-state index in [2.05, 4.69) is 26.2 Å². The number of halogens is 1. The van der Waals surface area contributed by atoms with Crippen LogP contribution in [0.5, 0.6) is 0 Å². The second-order valence-corrected chi connectivity index (χ2v) is 5.30. The Morgan fingerprint density at radius 3 is 2.67 bits per heavy atom. The highest BCUT2D eigenvalue weighted by atomic mass is 79.9.